The molecule has 7 rings (SSSR count). The minimum atomic E-state index is -0.163. The third-order valence-electron chi connectivity index (χ3n) is 8.95. The molecule has 1 amide bonds. The van der Waals surface area contributed by atoms with E-state index in [0.29, 0.717) is 30.3 Å². The van der Waals surface area contributed by atoms with Crippen molar-refractivity contribution in [2.75, 3.05) is 16.8 Å². The molecule has 0 spiro atoms. The van der Waals surface area contributed by atoms with Gasteiger partial charge in [0, 0.05) is 61.8 Å². The van der Waals surface area contributed by atoms with E-state index in [1.165, 1.54) is 11.3 Å². The van der Waals surface area contributed by atoms with Crippen molar-refractivity contribution in [1.29, 1.82) is 0 Å². The molecule has 43 heavy (non-hydrogen) atoms. The zero-order chi connectivity index (χ0) is 30.2. The Morgan fingerprint density at radius 2 is 1.86 bits per heavy atom. The summed E-state index contributed by atoms with van der Waals surface area (Å²) in [5.41, 5.74) is 8.44. The maximum atomic E-state index is 13.9. The fourth-order valence-electron chi connectivity index (χ4n) is 6.93. The quantitative estimate of drug-likeness (QED) is 0.318. The van der Waals surface area contributed by atoms with Gasteiger partial charge in [-0.25, -0.2) is 9.97 Å². The Kier molecular flexibility index (Phi) is 6.09. The van der Waals surface area contributed by atoms with Crippen LogP contribution in [0.5, 0.6) is 0 Å². The molecular weight excluding hydrogens is 540 g/mol. The fraction of sp³-hybridized carbons (Fsp3) is 0.364. The first-order valence-corrected chi connectivity index (χ1v) is 14.8. The number of rotatable bonds is 5. The summed E-state index contributed by atoms with van der Waals surface area (Å²) in [7, 11) is 3.63. The third-order valence-corrected chi connectivity index (χ3v) is 8.95. The molecular formula is C33H36N8O2. The minimum absolute atomic E-state index is 0.00668. The number of carbonyl (C=O) groups excluding carboxylic acids is 1. The first-order valence-electron chi connectivity index (χ1n) is 14.8. The number of pyridine rings is 3. The largest absolute Gasteiger partial charge is 0.339 e. The average molecular weight is 577 g/mol. The third kappa shape index (κ3) is 4.35. The van der Waals surface area contributed by atoms with Crippen molar-refractivity contribution in [2.24, 2.45) is 19.5 Å². The van der Waals surface area contributed by atoms with Crippen molar-refractivity contribution < 1.29 is 4.79 Å². The summed E-state index contributed by atoms with van der Waals surface area (Å²) in [4.78, 5) is 38.2. The summed E-state index contributed by atoms with van der Waals surface area (Å²) in [6.07, 6.45) is 8.03. The van der Waals surface area contributed by atoms with Gasteiger partial charge in [0.1, 0.15) is 23.0 Å². The number of amides is 1. The van der Waals surface area contributed by atoms with E-state index in [1.54, 1.807) is 28.7 Å². The second-order valence-electron chi connectivity index (χ2n) is 12.6. The number of nitrogens with zero attached hydrogens (tertiary/aromatic N) is 7. The van der Waals surface area contributed by atoms with E-state index in [0.717, 1.165) is 58.4 Å². The Morgan fingerprint density at radius 1 is 1.05 bits per heavy atom. The van der Waals surface area contributed by atoms with Crippen molar-refractivity contribution in [3.8, 4) is 11.1 Å². The van der Waals surface area contributed by atoms with Crippen LogP contribution < -0.4 is 15.8 Å². The average Bonchev–Trinajstić information content (AvgIpc) is 3.57. The van der Waals surface area contributed by atoms with Gasteiger partial charge in [-0.2, -0.15) is 5.10 Å². The van der Waals surface area contributed by atoms with E-state index in [4.69, 9.17) is 4.98 Å². The van der Waals surface area contributed by atoms with Crippen LogP contribution in [0.15, 0.2) is 47.7 Å². The molecule has 1 N–H and O–H groups in total. The maximum absolute atomic E-state index is 13.9. The molecule has 6 heterocycles. The Hall–Kier alpha value is -4.73. The number of carbonyl (C=O) groups is 1. The van der Waals surface area contributed by atoms with Gasteiger partial charge in [-0.05, 0) is 67.0 Å². The zero-order valence-corrected chi connectivity index (χ0v) is 25.5. The zero-order valence-electron chi connectivity index (χ0n) is 25.5. The normalized spacial score (nSPS) is 15.7. The van der Waals surface area contributed by atoms with Gasteiger partial charge in [-0.3, -0.25) is 19.2 Å². The van der Waals surface area contributed by atoms with Crippen LogP contribution in [0.25, 0.3) is 22.0 Å². The monoisotopic (exact) mass is 576 g/mol. The molecule has 0 saturated carbocycles. The molecule has 0 bridgehead atoms. The van der Waals surface area contributed by atoms with Crippen LogP contribution in [-0.2, 0) is 39.9 Å². The molecule has 0 unspecified atom stereocenters. The van der Waals surface area contributed by atoms with E-state index in [2.05, 4.69) is 46.8 Å². The fourth-order valence-corrected chi connectivity index (χ4v) is 6.93. The van der Waals surface area contributed by atoms with Crippen LogP contribution >= 0.6 is 0 Å². The van der Waals surface area contributed by atoms with Crippen LogP contribution in [0.1, 0.15) is 53.8 Å². The highest BCUT2D eigenvalue weighted by Gasteiger charge is 2.37. The molecule has 220 valence electrons. The standard InChI is InChI=1S/C33H36N8O2/c1-7-22-23(8-9-34-30(22)41-11-10-40-26(32(41)43)13-20-15-33(3,4)16-27(20)40)21-12-25(31(42)38(5)18-21)36-29-14-24-19(2)37-39(6)28(24)17-35-29/h8-9,12-14,17-18H,7,10-11,15-16H2,1-6H3,(H,35,36). The molecule has 1 aliphatic heterocycles. The topological polar surface area (TPSA) is 103 Å². The van der Waals surface area contributed by atoms with Crippen LogP contribution in [0, 0.1) is 12.3 Å². The molecule has 0 saturated heterocycles. The van der Waals surface area contributed by atoms with Crippen LogP contribution in [0.4, 0.5) is 17.3 Å². The molecule has 1 aliphatic carbocycles. The maximum Gasteiger partial charge on any atom is 0.276 e. The molecule has 0 radical (unpaired) electrons. The Morgan fingerprint density at radius 3 is 2.65 bits per heavy atom. The van der Waals surface area contributed by atoms with Gasteiger partial charge in [0.2, 0.25) is 0 Å². The van der Waals surface area contributed by atoms with Crippen molar-refractivity contribution >= 4 is 34.1 Å². The van der Waals surface area contributed by atoms with E-state index >= 15 is 0 Å². The van der Waals surface area contributed by atoms with Gasteiger partial charge in [-0.15, -0.1) is 0 Å². The minimum Gasteiger partial charge on any atom is -0.339 e. The van der Waals surface area contributed by atoms with Crippen molar-refractivity contribution in [2.45, 2.75) is 53.5 Å². The highest BCUT2D eigenvalue weighted by molar-refractivity contribution is 6.06. The molecule has 0 fully saturated rings. The molecule has 0 aromatic carbocycles. The summed E-state index contributed by atoms with van der Waals surface area (Å²) in [5, 5.41) is 8.70. The molecule has 0 atom stereocenters. The van der Waals surface area contributed by atoms with Crippen LogP contribution in [0.2, 0.25) is 0 Å². The molecule has 2 aliphatic rings. The summed E-state index contributed by atoms with van der Waals surface area (Å²) in [6, 6.07) is 7.83. The van der Waals surface area contributed by atoms with Gasteiger partial charge in [0.25, 0.3) is 11.5 Å². The van der Waals surface area contributed by atoms with Crippen molar-refractivity contribution in [1.82, 2.24) is 28.9 Å². The Balaban J connectivity index is 1.25. The summed E-state index contributed by atoms with van der Waals surface area (Å²) < 4.78 is 5.60. The predicted molar refractivity (Wildman–Crippen MR) is 168 cm³/mol. The van der Waals surface area contributed by atoms with Gasteiger partial charge < -0.3 is 14.5 Å². The van der Waals surface area contributed by atoms with E-state index < -0.39 is 0 Å². The van der Waals surface area contributed by atoms with E-state index in [1.807, 2.05) is 43.3 Å². The first-order chi connectivity index (χ1) is 20.5. The second-order valence-corrected chi connectivity index (χ2v) is 12.6. The highest BCUT2D eigenvalue weighted by Crippen LogP contribution is 2.40. The molecule has 10 heteroatoms. The number of aromatic nitrogens is 6. The Bertz CT molecular complexity index is 2010. The van der Waals surface area contributed by atoms with E-state index in [9.17, 15) is 9.59 Å². The van der Waals surface area contributed by atoms with Crippen LogP contribution in [0.3, 0.4) is 0 Å². The Labute approximate surface area is 250 Å². The van der Waals surface area contributed by atoms with Gasteiger partial charge >= 0.3 is 0 Å². The lowest BCUT2D eigenvalue weighted by atomic mass is 9.90. The number of hydrogen-bond acceptors (Lipinski definition) is 6. The number of anilines is 3. The van der Waals surface area contributed by atoms with Crippen LogP contribution in [-0.4, -0.2) is 41.3 Å². The molecule has 5 aromatic rings. The smallest absolute Gasteiger partial charge is 0.276 e. The highest BCUT2D eigenvalue weighted by atomic mass is 16.2. The lowest BCUT2D eigenvalue weighted by Crippen LogP contribution is -2.41. The second kappa shape index (κ2) is 9.65. The first kappa shape index (κ1) is 27.1. The van der Waals surface area contributed by atoms with Crippen molar-refractivity contribution in [3.63, 3.8) is 0 Å². The summed E-state index contributed by atoms with van der Waals surface area (Å²) in [6.45, 7) is 9.93. The summed E-state index contributed by atoms with van der Waals surface area (Å²) in [5.74, 6) is 1.24. The molecule has 5 aromatic heterocycles. The number of hydrogen-bond donors (Lipinski definition) is 1. The van der Waals surface area contributed by atoms with Gasteiger partial charge in [0.05, 0.1) is 17.4 Å². The lowest BCUT2D eigenvalue weighted by molar-refractivity contribution is 0.0963. The molecule has 10 nitrogen and oxygen atoms in total. The number of aryl methyl sites for hydroxylation is 3. The number of nitrogens with one attached hydrogen (secondary N) is 1. The number of fused-ring (bicyclic) bond motifs is 4. The van der Waals surface area contributed by atoms with Crippen molar-refractivity contribution in [3.05, 3.63) is 81.4 Å². The summed E-state index contributed by atoms with van der Waals surface area (Å²) >= 11 is 0. The van der Waals surface area contributed by atoms with Gasteiger partial charge in [-0.1, -0.05) is 20.8 Å². The van der Waals surface area contributed by atoms with E-state index in [-0.39, 0.29) is 16.9 Å². The lowest BCUT2D eigenvalue weighted by Gasteiger charge is -2.31. The SMILES string of the molecule is CCc1c(-c2cc(Nc3cc4c(C)nn(C)c4cn3)c(=O)n(C)c2)ccnc1N1CCn2c(cc3c2CC(C)(C)C3)C1=O. The van der Waals surface area contributed by atoms with Gasteiger partial charge in [0.15, 0.2) is 0 Å². The predicted octanol–water partition coefficient (Wildman–Crippen LogP) is 4.93.